The maximum Gasteiger partial charge on any atom is 0.229 e. The second-order valence-electron chi connectivity index (χ2n) is 6.97. The molecule has 0 bridgehead atoms. The fourth-order valence-electron chi connectivity index (χ4n) is 3.32. The highest BCUT2D eigenvalue weighted by atomic mass is 16.7. The summed E-state index contributed by atoms with van der Waals surface area (Å²) in [6.07, 6.45) is -7.13. The Kier molecular flexibility index (Phi) is 5.46. The SMILES string of the molecule is O=c1cc(-c2ccccc2O)oc2cc(O[C@@H]3O[C@H](CO)[C@H](O)[C@H](O)[C@H]3O)ccc12. The third kappa shape index (κ3) is 3.64. The molecule has 1 saturated heterocycles. The molecule has 1 aliphatic heterocycles. The van der Waals surface area contributed by atoms with Gasteiger partial charge in [-0.2, -0.15) is 0 Å². The van der Waals surface area contributed by atoms with Crippen molar-refractivity contribution in [2.75, 3.05) is 6.61 Å². The van der Waals surface area contributed by atoms with Gasteiger partial charge in [-0.05, 0) is 24.3 Å². The van der Waals surface area contributed by atoms with E-state index < -0.39 is 37.3 Å². The van der Waals surface area contributed by atoms with Gasteiger partial charge in [-0.1, -0.05) is 12.1 Å². The molecule has 1 fully saturated rings. The molecule has 1 aliphatic rings. The Morgan fingerprint density at radius 2 is 1.73 bits per heavy atom. The molecule has 2 heterocycles. The van der Waals surface area contributed by atoms with Gasteiger partial charge in [0.15, 0.2) is 5.43 Å². The summed E-state index contributed by atoms with van der Waals surface area (Å²) < 4.78 is 16.7. The van der Waals surface area contributed by atoms with Crippen LogP contribution in [-0.4, -0.2) is 62.8 Å². The number of aliphatic hydroxyl groups is 4. The molecule has 0 amide bonds. The second kappa shape index (κ2) is 8.05. The number of benzene rings is 2. The monoisotopic (exact) mass is 416 g/mol. The molecule has 2 aromatic carbocycles. The first-order valence-electron chi connectivity index (χ1n) is 9.22. The third-order valence-corrected chi connectivity index (χ3v) is 4.97. The van der Waals surface area contributed by atoms with Crippen molar-refractivity contribution in [2.24, 2.45) is 0 Å². The van der Waals surface area contributed by atoms with Crippen molar-refractivity contribution in [3.05, 3.63) is 58.8 Å². The molecule has 1 aromatic heterocycles. The first-order valence-corrected chi connectivity index (χ1v) is 9.22. The molecule has 0 radical (unpaired) electrons. The summed E-state index contributed by atoms with van der Waals surface area (Å²) in [5.74, 6) is 0.272. The van der Waals surface area contributed by atoms with Crippen LogP contribution in [0, 0.1) is 0 Å². The number of fused-ring (bicyclic) bond motifs is 1. The number of aliphatic hydroxyl groups excluding tert-OH is 4. The summed E-state index contributed by atoms with van der Waals surface area (Å²) >= 11 is 0. The Labute approximate surface area is 170 Å². The minimum Gasteiger partial charge on any atom is -0.507 e. The number of hydrogen-bond acceptors (Lipinski definition) is 9. The number of phenolic OH excluding ortho intramolecular Hbond substituents is 1. The molecule has 0 aliphatic carbocycles. The van der Waals surface area contributed by atoms with Crippen LogP contribution in [0.2, 0.25) is 0 Å². The third-order valence-electron chi connectivity index (χ3n) is 4.97. The fraction of sp³-hybridized carbons (Fsp3) is 0.286. The number of hydrogen-bond donors (Lipinski definition) is 5. The molecule has 4 rings (SSSR count). The largest absolute Gasteiger partial charge is 0.507 e. The highest BCUT2D eigenvalue weighted by molar-refractivity contribution is 5.80. The Bertz CT molecular complexity index is 1110. The van der Waals surface area contributed by atoms with Crippen LogP contribution >= 0.6 is 0 Å². The summed E-state index contributed by atoms with van der Waals surface area (Å²) in [6, 6.07) is 12.0. The Balaban J connectivity index is 1.68. The number of ether oxygens (including phenoxy) is 2. The molecular formula is C21H20O9. The minimum absolute atomic E-state index is 0.0475. The lowest BCUT2D eigenvalue weighted by molar-refractivity contribution is -0.277. The molecule has 5 atom stereocenters. The van der Waals surface area contributed by atoms with Gasteiger partial charge >= 0.3 is 0 Å². The Hall–Kier alpha value is -2.95. The predicted molar refractivity (Wildman–Crippen MR) is 104 cm³/mol. The number of para-hydroxylation sites is 1. The fourth-order valence-corrected chi connectivity index (χ4v) is 3.32. The Morgan fingerprint density at radius 1 is 0.967 bits per heavy atom. The molecule has 158 valence electrons. The van der Waals surface area contributed by atoms with Crippen molar-refractivity contribution >= 4 is 11.0 Å². The number of aromatic hydroxyl groups is 1. The summed E-state index contributed by atoms with van der Waals surface area (Å²) in [7, 11) is 0. The molecule has 9 nitrogen and oxygen atoms in total. The lowest BCUT2D eigenvalue weighted by Gasteiger charge is -2.39. The van der Waals surface area contributed by atoms with Gasteiger partial charge in [-0.25, -0.2) is 0 Å². The van der Waals surface area contributed by atoms with E-state index in [1.165, 1.54) is 30.3 Å². The van der Waals surface area contributed by atoms with Crippen molar-refractivity contribution in [3.8, 4) is 22.8 Å². The number of rotatable bonds is 4. The van der Waals surface area contributed by atoms with Gasteiger partial charge in [0.25, 0.3) is 0 Å². The van der Waals surface area contributed by atoms with Gasteiger partial charge in [0.2, 0.25) is 6.29 Å². The zero-order valence-corrected chi connectivity index (χ0v) is 15.6. The van der Waals surface area contributed by atoms with Gasteiger partial charge in [0, 0.05) is 12.1 Å². The molecule has 0 unspecified atom stereocenters. The number of phenols is 1. The maximum absolute atomic E-state index is 12.5. The lowest BCUT2D eigenvalue weighted by Crippen LogP contribution is -2.60. The average Bonchev–Trinajstić information content (AvgIpc) is 2.74. The first-order chi connectivity index (χ1) is 14.4. The van der Waals surface area contributed by atoms with Gasteiger partial charge < -0.3 is 39.4 Å². The maximum atomic E-state index is 12.5. The molecule has 0 spiro atoms. The van der Waals surface area contributed by atoms with E-state index in [4.69, 9.17) is 13.9 Å². The van der Waals surface area contributed by atoms with Crippen molar-refractivity contribution < 1.29 is 39.4 Å². The van der Waals surface area contributed by atoms with E-state index in [1.807, 2.05) is 0 Å². The van der Waals surface area contributed by atoms with E-state index in [-0.39, 0.29) is 33.7 Å². The second-order valence-corrected chi connectivity index (χ2v) is 6.97. The summed E-state index contributed by atoms with van der Waals surface area (Å²) in [6.45, 7) is -0.582. The van der Waals surface area contributed by atoms with Crippen LogP contribution in [0.3, 0.4) is 0 Å². The molecule has 30 heavy (non-hydrogen) atoms. The molecule has 0 saturated carbocycles. The molecular weight excluding hydrogens is 396 g/mol. The van der Waals surface area contributed by atoms with Crippen LogP contribution in [0.15, 0.2) is 57.7 Å². The molecule has 5 N–H and O–H groups in total. The summed E-state index contributed by atoms with van der Waals surface area (Å²) in [4.78, 5) is 12.5. The van der Waals surface area contributed by atoms with Crippen LogP contribution in [0.25, 0.3) is 22.3 Å². The van der Waals surface area contributed by atoms with Crippen LogP contribution in [0.5, 0.6) is 11.5 Å². The first kappa shape index (κ1) is 20.3. The van der Waals surface area contributed by atoms with Crippen LogP contribution < -0.4 is 10.2 Å². The van der Waals surface area contributed by atoms with E-state index in [2.05, 4.69) is 0 Å². The van der Waals surface area contributed by atoms with Crippen molar-refractivity contribution in [1.29, 1.82) is 0 Å². The van der Waals surface area contributed by atoms with Crippen molar-refractivity contribution in [3.63, 3.8) is 0 Å². The molecule has 3 aromatic rings. The minimum atomic E-state index is -1.58. The normalized spacial score (nSPS) is 26.6. The van der Waals surface area contributed by atoms with Crippen molar-refractivity contribution in [1.82, 2.24) is 0 Å². The van der Waals surface area contributed by atoms with Crippen LogP contribution in [-0.2, 0) is 4.74 Å². The quantitative estimate of drug-likeness (QED) is 0.406. The lowest BCUT2D eigenvalue weighted by atomic mass is 9.99. The van der Waals surface area contributed by atoms with Gasteiger partial charge in [0.05, 0.1) is 17.6 Å². The van der Waals surface area contributed by atoms with Gasteiger partial charge in [-0.15, -0.1) is 0 Å². The smallest absolute Gasteiger partial charge is 0.229 e. The topological polar surface area (TPSA) is 150 Å². The highest BCUT2D eigenvalue weighted by Crippen LogP contribution is 2.31. The van der Waals surface area contributed by atoms with Gasteiger partial charge in [0.1, 0.15) is 47.3 Å². The van der Waals surface area contributed by atoms with Crippen LogP contribution in [0.4, 0.5) is 0 Å². The summed E-state index contributed by atoms with van der Waals surface area (Å²) in [5.41, 5.74) is 0.188. The zero-order valence-electron chi connectivity index (χ0n) is 15.6. The van der Waals surface area contributed by atoms with E-state index in [0.717, 1.165) is 0 Å². The van der Waals surface area contributed by atoms with Crippen LogP contribution in [0.1, 0.15) is 0 Å². The highest BCUT2D eigenvalue weighted by Gasteiger charge is 2.44. The van der Waals surface area contributed by atoms with Crippen molar-refractivity contribution in [2.45, 2.75) is 30.7 Å². The zero-order chi connectivity index (χ0) is 21.4. The average molecular weight is 416 g/mol. The molecule has 9 heteroatoms. The van der Waals surface area contributed by atoms with E-state index in [1.54, 1.807) is 18.2 Å². The summed E-state index contributed by atoms with van der Waals surface area (Å²) in [5, 5.41) is 49.4. The van der Waals surface area contributed by atoms with E-state index >= 15 is 0 Å². The van der Waals surface area contributed by atoms with E-state index in [9.17, 15) is 30.3 Å². The van der Waals surface area contributed by atoms with E-state index in [0.29, 0.717) is 5.56 Å². The Morgan fingerprint density at radius 3 is 2.47 bits per heavy atom. The van der Waals surface area contributed by atoms with Gasteiger partial charge in [-0.3, -0.25) is 4.79 Å². The predicted octanol–water partition coefficient (Wildman–Crippen LogP) is 0.344. The standard InChI is InChI=1S/C21H20O9/c22-9-17-18(25)19(26)20(27)21(30-17)28-10-5-6-12-14(24)8-16(29-15(12)7-10)11-3-1-2-4-13(11)23/h1-8,17-23,25-27H,9H2/t17-,18+,19+,20-,21-/m1/s1.